The number of thioether (sulfide) groups is 1. The van der Waals surface area contributed by atoms with E-state index in [1.165, 1.54) is 0 Å². The summed E-state index contributed by atoms with van der Waals surface area (Å²) in [6.07, 6.45) is -4.29. The van der Waals surface area contributed by atoms with Gasteiger partial charge in [-0.05, 0) is 0 Å². The van der Waals surface area contributed by atoms with E-state index in [0.29, 0.717) is 0 Å². The lowest BCUT2D eigenvalue weighted by Gasteiger charge is -2.25. The number of aliphatic carboxylic acids is 1. The molecule has 1 aliphatic heterocycles. The van der Waals surface area contributed by atoms with Crippen LogP contribution in [-0.4, -0.2) is 73.6 Å². The third-order valence-electron chi connectivity index (χ3n) is 2.35. The van der Waals surface area contributed by atoms with Gasteiger partial charge >= 0.3 is 5.97 Å². The first-order chi connectivity index (χ1) is 7.47. The van der Waals surface area contributed by atoms with Crippen LogP contribution in [-0.2, 0) is 4.79 Å². The van der Waals surface area contributed by atoms with Gasteiger partial charge in [0.25, 0.3) is 0 Å². The van der Waals surface area contributed by atoms with E-state index >= 15 is 0 Å². The topological polar surface area (TPSA) is 130 Å². The molecule has 0 amide bonds. The van der Waals surface area contributed by atoms with Crippen LogP contribution in [0, 0.1) is 0 Å². The molecular formula is C8H15NO6S. The minimum atomic E-state index is -1.51. The number of aliphatic hydroxyl groups is 4. The lowest BCUT2D eigenvalue weighted by molar-refractivity contribution is -0.139. The summed E-state index contributed by atoms with van der Waals surface area (Å²) in [5.74, 6) is -0.752. The molecule has 1 aliphatic rings. The van der Waals surface area contributed by atoms with E-state index in [0.717, 1.165) is 11.8 Å². The van der Waals surface area contributed by atoms with Gasteiger partial charge in [0.1, 0.15) is 24.4 Å². The first-order valence-corrected chi connectivity index (χ1v) is 5.77. The number of carboxylic acids is 1. The number of nitrogens with one attached hydrogen (secondary N) is 1. The highest BCUT2D eigenvalue weighted by atomic mass is 32.2. The Morgan fingerprint density at radius 3 is 2.50 bits per heavy atom. The van der Waals surface area contributed by atoms with Gasteiger partial charge in [-0.25, -0.2) is 0 Å². The molecule has 0 aromatic rings. The third-order valence-corrected chi connectivity index (χ3v) is 3.65. The first kappa shape index (κ1) is 13.7. The van der Waals surface area contributed by atoms with Crippen LogP contribution in [0.2, 0.25) is 0 Å². The van der Waals surface area contributed by atoms with Crippen molar-refractivity contribution in [2.24, 2.45) is 0 Å². The normalized spacial score (nSPS) is 31.0. The molecule has 5 atom stereocenters. The summed E-state index contributed by atoms with van der Waals surface area (Å²) in [7, 11) is 0. The second kappa shape index (κ2) is 5.80. The van der Waals surface area contributed by atoms with Crippen LogP contribution in [0.15, 0.2) is 0 Å². The zero-order valence-electron chi connectivity index (χ0n) is 8.35. The Labute approximate surface area is 96.1 Å². The van der Waals surface area contributed by atoms with Gasteiger partial charge in [-0.1, -0.05) is 0 Å². The second-order valence-corrected chi connectivity index (χ2v) is 4.72. The van der Waals surface area contributed by atoms with E-state index in [9.17, 15) is 15.0 Å². The van der Waals surface area contributed by atoms with E-state index in [-0.39, 0.29) is 5.75 Å². The maximum absolute atomic E-state index is 10.6. The average Bonchev–Trinajstić information content (AvgIpc) is 2.75. The van der Waals surface area contributed by atoms with Crippen molar-refractivity contribution in [2.45, 2.75) is 29.7 Å². The highest BCUT2D eigenvalue weighted by molar-refractivity contribution is 8.00. The standard InChI is InChI=1S/C8H15NO6S/c10-1-4(11)5(12)6(13)7-9-3(2-16-7)8(14)15/h3-7,9-13H,1-2H2,(H,14,15)/t3-,4-,5+,6-,7-/m0/s1. The fourth-order valence-corrected chi connectivity index (χ4v) is 2.61. The molecule has 0 aliphatic carbocycles. The Hall–Kier alpha value is -0.380. The Kier molecular flexibility index (Phi) is 4.96. The largest absolute Gasteiger partial charge is 0.480 e. The number of aliphatic hydroxyl groups excluding tert-OH is 4. The van der Waals surface area contributed by atoms with E-state index in [2.05, 4.69) is 5.32 Å². The number of carbonyl (C=O) groups is 1. The van der Waals surface area contributed by atoms with Gasteiger partial charge in [-0.3, -0.25) is 10.1 Å². The van der Waals surface area contributed by atoms with Gasteiger partial charge in [0, 0.05) is 5.75 Å². The zero-order valence-corrected chi connectivity index (χ0v) is 9.17. The van der Waals surface area contributed by atoms with Crippen LogP contribution in [0.3, 0.4) is 0 Å². The molecule has 0 saturated carbocycles. The molecule has 6 N–H and O–H groups in total. The summed E-state index contributed by atoms with van der Waals surface area (Å²) in [5.41, 5.74) is 0. The second-order valence-electron chi connectivity index (χ2n) is 3.54. The number of carboxylic acid groups (broad SMARTS) is 1. The van der Waals surface area contributed by atoms with Crippen LogP contribution in [0.4, 0.5) is 0 Å². The Balaban J connectivity index is 2.50. The Morgan fingerprint density at radius 2 is 2.06 bits per heavy atom. The van der Waals surface area contributed by atoms with Crippen molar-refractivity contribution in [3.8, 4) is 0 Å². The highest BCUT2D eigenvalue weighted by Gasteiger charge is 2.38. The maximum atomic E-state index is 10.6. The molecule has 1 rings (SSSR count). The quantitative estimate of drug-likeness (QED) is 0.309. The van der Waals surface area contributed by atoms with E-state index in [4.69, 9.17) is 15.3 Å². The first-order valence-electron chi connectivity index (χ1n) is 4.73. The van der Waals surface area contributed by atoms with Crippen LogP contribution in [0.1, 0.15) is 0 Å². The Bertz CT molecular complexity index is 253. The van der Waals surface area contributed by atoms with Crippen LogP contribution < -0.4 is 5.32 Å². The van der Waals surface area contributed by atoms with Crippen LogP contribution in [0.5, 0.6) is 0 Å². The van der Waals surface area contributed by atoms with Crippen molar-refractivity contribution >= 4 is 17.7 Å². The molecule has 1 saturated heterocycles. The average molecular weight is 253 g/mol. The van der Waals surface area contributed by atoms with Gasteiger partial charge in [0.15, 0.2) is 0 Å². The summed E-state index contributed by atoms with van der Waals surface area (Å²) in [4.78, 5) is 10.6. The molecule has 0 bridgehead atoms. The molecule has 8 heteroatoms. The van der Waals surface area contributed by atoms with Crippen molar-refractivity contribution < 1.29 is 30.3 Å². The summed E-state index contributed by atoms with van der Waals surface area (Å²) < 4.78 is 0. The lowest BCUT2D eigenvalue weighted by Crippen LogP contribution is -2.50. The molecule has 0 spiro atoms. The monoisotopic (exact) mass is 253 g/mol. The molecule has 94 valence electrons. The van der Waals surface area contributed by atoms with Crippen molar-refractivity contribution in [1.29, 1.82) is 0 Å². The van der Waals surface area contributed by atoms with E-state index < -0.39 is 42.3 Å². The van der Waals surface area contributed by atoms with E-state index in [1.807, 2.05) is 0 Å². The third kappa shape index (κ3) is 3.06. The maximum Gasteiger partial charge on any atom is 0.321 e. The molecular weight excluding hydrogens is 238 g/mol. The number of hydrogen-bond acceptors (Lipinski definition) is 7. The smallest absolute Gasteiger partial charge is 0.321 e. The molecule has 0 aromatic heterocycles. The predicted molar refractivity (Wildman–Crippen MR) is 55.9 cm³/mol. The molecule has 0 radical (unpaired) electrons. The summed E-state index contributed by atoms with van der Waals surface area (Å²) in [5, 5.41) is 47.4. The molecule has 16 heavy (non-hydrogen) atoms. The van der Waals surface area contributed by atoms with Gasteiger partial charge < -0.3 is 25.5 Å². The highest BCUT2D eigenvalue weighted by Crippen LogP contribution is 2.24. The molecule has 7 nitrogen and oxygen atoms in total. The SMILES string of the molecule is O=C(O)[C@@H]1CS[C@@H]([C@@H](O)[C@H](O)[C@@H](O)CO)N1. The van der Waals surface area contributed by atoms with Crippen LogP contribution >= 0.6 is 11.8 Å². The van der Waals surface area contributed by atoms with Crippen molar-refractivity contribution in [3.63, 3.8) is 0 Å². The van der Waals surface area contributed by atoms with Crippen molar-refractivity contribution in [2.75, 3.05) is 12.4 Å². The number of hydrogen-bond donors (Lipinski definition) is 6. The lowest BCUT2D eigenvalue weighted by atomic mass is 10.1. The molecule has 1 heterocycles. The summed E-state index contributed by atoms with van der Waals surface area (Å²) >= 11 is 1.15. The minimum Gasteiger partial charge on any atom is -0.480 e. The van der Waals surface area contributed by atoms with Gasteiger partial charge in [0.2, 0.25) is 0 Å². The van der Waals surface area contributed by atoms with Crippen LogP contribution in [0.25, 0.3) is 0 Å². The summed E-state index contributed by atoms with van der Waals surface area (Å²) in [6.45, 7) is -0.669. The molecule has 0 aromatic carbocycles. The fraction of sp³-hybridized carbons (Fsp3) is 0.875. The van der Waals surface area contributed by atoms with Gasteiger partial charge in [-0.15, -0.1) is 11.8 Å². The van der Waals surface area contributed by atoms with Crippen molar-refractivity contribution in [3.05, 3.63) is 0 Å². The zero-order chi connectivity index (χ0) is 12.3. The molecule has 1 fully saturated rings. The summed E-state index contributed by atoms with van der Waals surface area (Å²) in [6, 6.07) is -0.775. The minimum absolute atomic E-state index is 0.277. The van der Waals surface area contributed by atoms with E-state index in [1.54, 1.807) is 0 Å². The van der Waals surface area contributed by atoms with Crippen molar-refractivity contribution in [1.82, 2.24) is 5.32 Å². The fourth-order valence-electron chi connectivity index (χ4n) is 1.35. The predicted octanol–water partition coefficient (Wildman–Crippen LogP) is -2.82. The molecule has 0 unspecified atom stereocenters. The van der Waals surface area contributed by atoms with Gasteiger partial charge in [-0.2, -0.15) is 0 Å². The van der Waals surface area contributed by atoms with Gasteiger partial charge in [0.05, 0.1) is 12.0 Å². The Morgan fingerprint density at radius 1 is 1.44 bits per heavy atom. The number of rotatable bonds is 5.